The lowest BCUT2D eigenvalue weighted by Gasteiger charge is -2.22. The maximum absolute atomic E-state index is 13.4. The van der Waals surface area contributed by atoms with Crippen LogP contribution in [0.1, 0.15) is 29.5 Å². The van der Waals surface area contributed by atoms with Crippen molar-refractivity contribution in [2.24, 2.45) is 0 Å². The molecule has 0 bridgehead atoms. The summed E-state index contributed by atoms with van der Waals surface area (Å²) >= 11 is 0. The number of amides is 2. The Kier molecular flexibility index (Phi) is 8.41. The molecule has 6 heteroatoms. The zero-order chi connectivity index (χ0) is 24.5. The summed E-state index contributed by atoms with van der Waals surface area (Å²) in [5, 5.41) is 2.94. The molecule has 3 aromatic carbocycles. The SMILES string of the molecule is O=C(Cc1cccc(N(Cc2ccc(F)cc2)C(=O)/C=C/c2ccccc2)c1)NCC1CCCO1. The zero-order valence-corrected chi connectivity index (χ0v) is 19.5. The van der Waals surface area contributed by atoms with Gasteiger partial charge in [-0.25, -0.2) is 4.39 Å². The van der Waals surface area contributed by atoms with Crippen molar-refractivity contribution < 1.29 is 18.7 Å². The lowest BCUT2D eigenvalue weighted by Crippen LogP contribution is -2.33. The molecule has 2 amide bonds. The predicted molar refractivity (Wildman–Crippen MR) is 135 cm³/mol. The van der Waals surface area contributed by atoms with Gasteiger partial charge in [-0.3, -0.25) is 9.59 Å². The van der Waals surface area contributed by atoms with Gasteiger partial charge in [-0.1, -0.05) is 54.6 Å². The first kappa shape index (κ1) is 24.4. The number of halogens is 1. The maximum atomic E-state index is 13.4. The second-order valence-electron chi connectivity index (χ2n) is 8.58. The van der Waals surface area contributed by atoms with Gasteiger partial charge >= 0.3 is 0 Å². The molecule has 1 unspecified atom stereocenters. The van der Waals surface area contributed by atoms with Crippen molar-refractivity contribution >= 4 is 23.6 Å². The summed E-state index contributed by atoms with van der Waals surface area (Å²) in [6.45, 7) is 1.53. The monoisotopic (exact) mass is 472 g/mol. The van der Waals surface area contributed by atoms with E-state index in [1.54, 1.807) is 23.1 Å². The summed E-state index contributed by atoms with van der Waals surface area (Å²) in [7, 11) is 0. The molecule has 35 heavy (non-hydrogen) atoms. The van der Waals surface area contributed by atoms with Gasteiger partial charge < -0.3 is 15.0 Å². The van der Waals surface area contributed by atoms with Gasteiger partial charge in [-0.2, -0.15) is 0 Å². The fraction of sp³-hybridized carbons (Fsp3) is 0.241. The first-order valence-electron chi connectivity index (χ1n) is 11.8. The average Bonchev–Trinajstić information content (AvgIpc) is 3.40. The van der Waals surface area contributed by atoms with Crippen LogP contribution >= 0.6 is 0 Å². The molecule has 180 valence electrons. The Labute approximate surface area is 205 Å². The van der Waals surface area contributed by atoms with Crippen molar-refractivity contribution in [2.45, 2.75) is 31.9 Å². The number of hydrogen-bond acceptors (Lipinski definition) is 3. The van der Waals surface area contributed by atoms with Crippen molar-refractivity contribution in [3.63, 3.8) is 0 Å². The standard InChI is InChI=1S/C29H29FN2O3/c30-25-14-11-23(12-15-25)21-32(29(34)16-13-22-6-2-1-3-7-22)26-9-4-8-24(18-26)19-28(33)31-20-27-10-5-17-35-27/h1-4,6-9,11-16,18,27H,5,10,17,19-21H2,(H,31,33)/b16-13+. The number of nitrogens with one attached hydrogen (secondary N) is 1. The Morgan fingerprint density at radius 3 is 2.54 bits per heavy atom. The van der Waals surface area contributed by atoms with Gasteiger partial charge in [0.2, 0.25) is 5.91 Å². The van der Waals surface area contributed by atoms with Crippen LogP contribution < -0.4 is 10.2 Å². The van der Waals surface area contributed by atoms with Gasteiger partial charge in [0.25, 0.3) is 5.91 Å². The van der Waals surface area contributed by atoms with Gasteiger partial charge in [-0.15, -0.1) is 0 Å². The highest BCUT2D eigenvalue weighted by molar-refractivity contribution is 6.03. The van der Waals surface area contributed by atoms with Crippen LogP contribution in [0.3, 0.4) is 0 Å². The van der Waals surface area contributed by atoms with Gasteiger partial charge in [0.1, 0.15) is 5.82 Å². The third-order valence-electron chi connectivity index (χ3n) is 5.88. The summed E-state index contributed by atoms with van der Waals surface area (Å²) in [5.41, 5.74) is 3.18. The fourth-order valence-electron chi connectivity index (χ4n) is 4.01. The lowest BCUT2D eigenvalue weighted by atomic mass is 10.1. The number of anilines is 1. The van der Waals surface area contributed by atoms with Crippen LogP contribution in [-0.4, -0.2) is 31.1 Å². The summed E-state index contributed by atoms with van der Waals surface area (Å²) in [4.78, 5) is 27.3. The average molecular weight is 473 g/mol. The largest absolute Gasteiger partial charge is 0.376 e. The van der Waals surface area contributed by atoms with Crippen LogP contribution in [0.15, 0.2) is 84.9 Å². The van der Waals surface area contributed by atoms with Crippen molar-refractivity contribution in [2.75, 3.05) is 18.1 Å². The number of benzene rings is 3. The molecule has 1 N–H and O–H groups in total. The second-order valence-corrected chi connectivity index (χ2v) is 8.58. The van der Waals surface area contributed by atoms with E-state index < -0.39 is 0 Å². The highest BCUT2D eigenvalue weighted by Crippen LogP contribution is 2.21. The van der Waals surface area contributed by atoms with Crippen molar-refractivity contribution in [3.05, 3.63) is 107 Å². The van der Waals surface area contributed by atoms with Crippen LogP contribution in [0.2, 0.25) is 0 Å². The third kappa shape index (κ3) is 7.36. The van der Waals surface area contributed by atoms with E-state index in [4.69, 9.17) is 4.74 Å². The topological polar surface area (TPSA) is 58.6 Å². The number of nitrogens with zero attached hydrogens (tertiary/aromatic N) is 1. The molecule has 5 nitrogen and oxygen atoms in total. The van der Waals surface area contributed by atoms with E-state index in [9.17, 15) is 14.0 Å². The molecule has 1 aliphatic rings. The molecule has 0 aliphatic carbocycles. The molecule has 1 atom stereocenters. The number of carbonyl (C=O) groups excluding carboxylic acids is 2. The van der Waals surface area contributed by atoms with E-state index in [0.717, 1.165) is 36.1 Å². The lowest BCUT2D eigenvalue weighted by molar-refractivity contribution is -0.121. The van der Waals surface area contributed by atoms with Gasteiger partial charge in [0, 0.05) is 24.9 Å². The summed E-state index contributed by atoms with van der Waals surface area (Å²) in [6.07, 6.45) is 5.58. The number of rotatable bonds is 9. The van der Waals surface area contributed by atoms with Crippen molar-refractivity contribution in [3.8, 4) is 0 Å². The Morgan fingerprint density at radius 2 is 1.80 bits per heavy atom. The molecule has 1 fully saturated rings. The molecular formula is C29H29FN2O3. The van der Waals surface area contributed by atoms with E-state index in [-0.39, 0.29) is 36.7 Å². The van der Waals surface area contributed by atoms with E-state index in [2.05, 4.69) is 5.32 Å². The van der Waals surface area contributed by atoms with Gasteiger partial charge in [-0.05, 0) is 59.9 Å². The zero-order valence-electron chi connectivity index (χ0n) is 19.5. The molecule has 3 aromatic rings. The Hall–Kier alpha value is -3.77. The summed E-state index contributed by atoms with van der Waals surface area (Å²) in [6, 6.07) is 23.1. The van der Waals surface area contributed by atoms with Crippen LogP contribution in [0.25, 0.3) is 6.08 Å². The van der Waals surface area contributed by atoms with Crippen LogP contribution in [0, 0.1) is 5.82 Å². The third-order valence-corrected chi connectivity index (χ3v) is 5.88. The van der Waals surface area contributed by atoms with Crippen molar-refractivity contribution in [1.82, 2.24) is 5.32 Å². The molecule has 0 radical (unpaired) electrons. The molecule has 1 saturated heterocycles. The first-order valence-corrected chi connectivity index (χ1v) is 11.8. The smallest absolute Gasteiger partial charge is 0.251 e. The number of ether oxygens (including phenoxy) is 1. The van der Waals surface area contributed by atoms with Crippen LogP contribution in [-0.2, 0) is 27.3 Å². The van der Waals surface area contributed by atoms with Gasteiger partial charge in [0.05, 0.1) is 19.1 Å². The first-order chi connectivity index (χ1) is 17.1. The minimum absolute atomic E-state index is 0.0852. The van der Waals surface area contributed by atoms with Crippen molar-refractivity contribution in [1.29, 1.82) is 0 Å². The highest BCUT2D eigenvalue weighted by Gasteiger charge is 2.18. The molecule has 1 heterocycles. The van der Waals surface area contributed by atoms with Crippen LogP contribution in [0.4, 0.5) is 10.1 Å². The predicted octanol–water partition coefficient (Wildman–Crippen LogP) is 4.91. The highest BCUT2D eigenvalue weighted by atomic mass is 19.1. The molecule has 0 saturated carbocycles. The quantitative estimate of drug-likeness (QED) is 0.450. The fourth-order valence-corrected chi connectivity index (χ4v) is 4.01. The van der Waals surface area contributed by atoms with E-state index in [1.165, 1.54) is 18.2 Å². The number of hydrogen-bond donors (Lipinski definition) is 1. The summed E-state index contributed by atoms with van der Waals surface area (Å²) in [5.74, 6) is -0.622. The molecular weight excluding hydrogens is 443 g/mol. The van der Waals surface area contributed by atoms with E-state index in [0.29, 0.717) is 12.2 Å². The minimum Gasteiger partial charge on any atom is -0.376 e. The molecule has 4 rings (SSSR count). The Morgan fingerprint density at radius 1 is 1.00 bits per heavy atom. The maximum Gasteiger partial charge on any atom is 0.251 e. The van der Waals surface area contributed by atoms with Gasteiger partial charge in [0.15, 0.2) is 0 Å². The normalized spacial score (nSPS) is 15.3. The molecule has 0 spiro atoms. The minimum atomic E-state index is -0.327. The summed E-state index contributed by atoms with van der Waals surface area (Å²) < 4.78 is 19.0. The number of carbonyl (C=O) groups is 2. The Balaban J connectivity index is 1.50. The molecule has 0 aromatic heterocycles. The van der Waals surface area contributed by atoms with E-state index >= 15 is 0 Å². The second kappa shape index (κ2) is 12.1. The van der Waals surface area contributed by atoms with Crippen LogP contribution in [0.5, 0.6) is 0 Å². The molecule has 1 aliphatic heterocycles. The Bertz CT molecular complexity index is 1160. The van der Waals surface area contributed by atoms with E-state index in [1.807, 2.05) is 54.6 Å².